The number of esters is 1. The molecule has 2 unspecified atom stereocenters. The smallest absolute Gasteiger partial charge is 0.309 e. The average molecular weight is 304 g/mol. The van der Waals surface area contributed by atoms with Gasteiger partial charge >= 0.3 is 5.97 Å². The Morgan fingerprint density at radius 2 is 2.05 bits per heavy atom. The molecule has 0 fully saturated rings. The van der Waals surface area contributed by atoms with Crippen molar-refractivity contribution in [3.63, 3.8) is 0 Å². The zero-order valence-electron chi connectivity index (χ0n) is 11.4. The summed E-state index contributed by atoms with van der Waals surface area (Å²) in [5.41, 5.74) is 0.960. The predicted molar refractivity (Wildman–Crippen MR) is 78.7 cm³/mol. The standard InChI is InChI=1S/C14H19Cl2NO2/c1-4-19-14(18)9(2)8-17-10(3)12-6-5-11(15)7-13(12)16/h5-7,9-10,17H,4,8H2,1-3H3. The van der Waals surface area contributed by atoms with Gasteiger partial charge in [-0.1, -0.05) is 36.2 Å². The van der Waals surface area contributed by atoms with E-state index < -0.39 is 0 Å². The van der Waals surface area contributed by atoms with Crippen LogP contribution in [0.3, 0.4) is 0 Å². The van der Waals surface area contributed by atoms with Crippen LogP contribution >= 0.6 is 23.2 Å². The van der Waals surface area contributed by atoms with Crippen molar-refractivity contribution in [1.29, 1.82) is 0 Å². The molecule has 5 heteroatoms. The Hall–Kier alpha value is -0.770. The molecule has 0 heterocycles. The maximum absolute atomic E-state index is 11.5. The summed E-state index contributed by atoms with van der Waals surface area (Å²) < 4.78 is 4.96. The van der Waals surface area contributed by atoms with Gasteiger partial charge in [0.15, 0.2) is 0 Å². The minimum Gasteiger partial charge on any atom is -0.466 e. The minimum atomic E-state index is -0.190. The van der Waals surface area contributed by atoms with Crippen LogP contribution in [0.5, 0.6) is 0 Å². The Bertz CT molecular complexity index is 437. The molecule has 19 heavy (non-hydrogen) atoms. The molecule has 0 aliphatic heterocycles. The highest BCUT2D eigenvalue weighted by Gasteiger charge is 2.16. The number of hydrogen-bond donors (Lipinski definition) is 1. The lowest BCUT2D eigenvalue weighted by molar-refractivity contribution is -0.147. The summed E-state index contributed by atoms with van der Waals surface area (Å²) in [5, 5.41) is 4.50. The van der Waals surface area contributed by atoms with Crippen LogP contribution in [0.4, 0.5) is 0 Å². The first-order chi connectivity index (χ1) is 8.95. The Labute approximate surface area is 124 Å². The normalized spacial score (nSPS) is 13.9. The van der Waals surface area contributed by atoms with Crippen LogP contribution in [0.25, 0.3) is 0 Å². The number of carbonyl (C=O) groups excluding carboxylic acids is 1. The van der Waals surface area contributed by atoms with Gasteiger partial charge in [0.05, 0.1) is 12.5 Å². The van der Waals surface area contributed by atoms with Crippen molar-refractivity contribution in [1.82, 2.24) is 5.32 Å². The van der Waals surface area contributed by atoms with Gasteiger partial charge in [-0.15, -0.1) is 0 Å². The fourth-order valence-corrected chi connectivity index (χ4v) is 2.26. The summed E-state index contributed by atoms with van der Waals surface area (Å²) in [7, 11) is 0. The van der Waals surface area contributed by atoms with Gasteiger partial charge < -0.3 is 10.1 Å². The molecule has 0 saturated heterocycles. The van der Waals surface area contributed by atoms with Gasteiger partial charge in [0.25, 0.3) is 0 Å². The molecule has 1 aromatic carbocycles. The fourth-order valence-electron chi connectivity index (χ4n) is 1.68. The highest BCUT2D eigenvalue weighted by molar-refractivity contribution is 6.35. The maximum Gasteiger partial charge on any atom is 0.309 e. The summed E-state index contributed by atoms with van der Waals surface area (Å²) in [6, 6.07) is 5.44. The fraction of sp³-hybridized carbons (Fsp3) is 0.500. The van der Waals surface area contributed by atoms with E-state index in [9.17, 15) is 4.79 Å². The molecule has 0 saturated carbocycles. The van der Waals surface area contributed by atoms with Crippen molar-refractivity contribution in [2.75, 3.05) is 13.2 Å². The first-order valence-electron chi connectivity index (χ1n) is 6.30. The molecule has 106 valence electrons. The van der Waals surface area contributed by atoms with E-state index in [0.29, 0.717) is 23.2 Å². The molecule has 1 rings (SSSR count). The second kappa shape index (κ2) is 7.73. The lowest BCUT2D eigenvalue weighted by Crippen LogP contribution is -2.29. The van der Waals surface area contributed by atoms with Crippen LogP contribution in [0.2, 0.25) is 10.0 Å². The van der Waals surface area contributed by atoms with Crippen LogP contribution < -0.4 is 5.32 Å². The van der Waals surface area contributed by atoms with E-state index in [1.165, 1.54) is 0 Å². The van der Waals surface area contributed by atoms with Crippen molar-refractivity contribution in [3.8, 4) is 0 Å². The zero-order valence-corrected chi connectivity index (χ0v) is 12.9. The van der Waals surface area contributed by atoms with E-state index in [0.717, 1.165) is 5.56 Å². The van der Waals surface area contributed by atoms with Gasteiger partial charge in [0, 0.05) is 22.6 Å². The average Bonchev–Trinajstić information content (AvgIpc) is 2.35. The molecule has 0 aliphatic carbocycles. The van der Waals surface area contributed by atoms with Gasteiger partial charge in [-0.2, -0.15) is 0 Å². The van der Waals surface area contributed by atoms with E-state index in [4.69, 9.17) is 27.9 Å². The van der Waals surface area contributed by atoms with Crippen LogP contribution in [-0.4, -0.2) is 19.1 Å². The Balaban J connectivity index is 2.55. The first kappa shape index (κ1) is 16.3. The van der Waals surface area contributed by atoms with E-state index in [-0.39, 0.29) is 17.9 Å². The Morgan fingerprint density at radius 3 is 2.63 bits per heavy atom. The summed E-state index contributed by atoms with van der Waals surface area (Å²) in [4.78, 5) is 11.5. The second-order valence-electron chi connectivity index (χ2n) is 4.45. The second-order valence-corrected chi connectivity index (χ2v) is 5.29. The lowest BCUT2D eigenvalue weighted by atomic mass is 10.1. The maximum atomic E-state index is 11.5. The van der Waals surface area contributed by atoms with Gasteiger partial charge in [-0.3, -0.25) is 4.79 Å². The molecule has 0 amide bonds. The highest BCUT2D eigenvalue weighted by atomic mass is 35.5. The van der Waals surface area contributed by atoms with Crippen molar-refractivity contribution < 1.29 is 9.53 Å². The van der Waals surface area contributed by atoms with Crippen LogP contribution in [0.1, 0.15) is 32.4 Å². The molecule has 0 spiro atoms. The Kier molecular flexibility index (Phi) is 6.63. The monoisotopic (exact) mass is 303 g/mol. The quantitative estimate of drug-likeness (QED) is 0.811. The number of nitrogens with one attached hydrogen (secondary N) is 1. The Morgan fingerprint density at radius 1 is 1.37 bits per heavy atom. The third kappa shape index (κ3) is 5.01. The van der Waals surface area contributed by atoms with Crippen molar-refractivity contribution >= 4 is 29.2 Å². The molecule has 0 bridgehead atoms. The van der Waals surface area contributed by atoms with Crippen LogP contribution in [0.15, 0.2) is 18.2 Å². The number of benzene rings is 1. The molecule has 2 atom stereocenters. The zero-order chi connectivity index (χ0) is 14.4. The van der Waals surface area contributed by atoms with Gasteiger partial charge in [0.1, 0.15) is 0 Å². The summed E-state index contributed by atoms with van der Waals surface area (Å²) in [6.45, 7) is 6.57. The summed E-state index contributed by atoms with van der Waals surface area (Å²) >= 11 is 12.0. The van der Waals surface area contributed by atoms with Crippen LogP contribution in [-0.2, 0) is 9.53 Å². The van der Waals surface area contributed by atoms with Crippen molar-refractivity contribution in [3.05, 3.63) is 33.8 Å². The predicted octanol–water partition coefficient (Wildman–Crippen LogP) is 3.84. The number of ether oxygens (including phenoxy) is 1. The summed E-state index contributed by atoms with van der Waals surface area (Å²) in [5.74, 6) is -0.377. The van der Waals surface area contributed by atoms with Gasteiger partial charge in [-0.25, -0.2) is 0 Å². The summed E-state index contributed by atoms with van der Waals surface area (Å²) in [6.07, 6.45) is 0. The van der Waals surface area contributed by atoms with E-state index in [1.54, 1.807) is 19.1 Å². The van der Waals surface area contributed by atoms with Crippen LogP contribution in [0, 0.1) is 5.92 Å². The van der Waals surface area contributed by atoms with Gasteiger partial charge in [0.2, 0.25) is 0 Å². The SMILES string of the molecule is CCOC(=O)C(C)CNC(C)c1ccc(Cl)cc1Cl. The molecule has 0 aromatic heterocycles. The molecular weight excluding hydrogens is 285 g/mol. The molecular formula is C14H19Cl2NO2. The lowest BCUT2D eigenvalue weighted by Gasteiger charge is -2.18. The number of rotatable bonds is 6. The highest BCUT2D eigenvalue weighted by Crippen LogP contribution is 2.26. The largest absolute Gasteiger partial charge is 0.466 e. The molecule has 1 N–H and O–H groups in total. The van der Waals surface area contributed by atoms with Crippen molar-refractivity contribution in [2.24, 2.45) is 5.92 Å². The number of carbonyl (C=O) groups is 1. The molecule has 0 aliphatic rings. The molecule has 3 nitrogen and oxygen atoms in total. The van der Waals surface area contributed by atoms with E-state index >= 15 is 0 Å². The molecule has 1 aromatic rings. The van der Waals surface area contributed by atoms with Gasteiger partial charge in [-0.05, 0) is 31.5 Å². The minimum absolute atomic E-state index is 0.0432. The molecule has 0 radical (unpaired) electrons. The topological polar surface area (TPSA) is 38.3 Å². The number of halogens is 2. The third-order valence-corrected chi connectivity index (χ3v) is 3.41. The van der Waals surface area contributed by atoms with Crippen molar-refractivity contribution in [2.45, 2.75) is 26.8 Å². The van der Waals surface area contributed by atoms with E-state index in [2.05, 4.69) is 5.32 Å². The third-order valence-electron chi connectivity index (χ3n) is 2.85. The number of hydrogen-bond acceptors (Lipinski definition) is 3. The first-order valence-corrected chi connectivity index (χ1v) is 7.06. The van der Waals surface area contributed by atoms with E-state index in [1.807, 2.05) is 19.9 Å².